The lowest BCUT2D eigenvalue weighted by atomic mass is 10.1. The Morgan fingerprint density at radius 2 is 2.42 bits per heavy atom. The van der Waals surface area contributed by atoms with E-state index in [2.05, 4.69) is 14.9 Å². The number of hydrogen-bond donors (Lipinski definition) is 0. The molecule has 5 nitrogen and oxygen atoms in total. The van der Waals surface area contributed by atoms with Gasteiger partial charge in [-0.05, 0) is 12.0 Å². The van der Waals surface area contributed by atoms with E-state index in [1.54, 1.807) is 0 Å². The molecule has 0 aromatic heterocycles. The fourth-order valence-corrected chi connectivity index (χ4v) is 2.75. The average Bonchev–Trinajstić information content (AvgIpc) is 2.61. The zero-order valence-electron chi connectivity index (χ0n) is 6.63. The maximum absolute atomic E-state index is 8.37. The fourth-order valence-electron chi connectivity index (χ4n) is 2.75. The maximum Gasteiger partial charge on any atom is 0.0829 e. The van der Waals surface area contributed by atoms with Crippen LogP contribution in [-0.4, -0.2) is 42.3 Å². The second-order valence-electron chi connectivity index (χ2n) is 3.68. The van der Waals surface area contributed by atoms with Crippen molar-refractivity contribution >= 4 is 0 Å². The van der Waals surface area contributed by atoms with Gasteiger partial charge in [0.2, 0.25) is 0 Å². The molecule has 2 bridgehead atoms. The van der Waals surface area contributed by atoms with E-state index < -0.39 is 0 Å². The molecule has 1 unspecified atom stereocenters. The van der Waals surface area contributed by atoms with Crippen LogP contribution in [0.3, 0.4) is 0 Å². The highest BCUT2D eigenvalue weighted by Crippen LogP contribution is 2.41. The number of fused-ring (bicyclic) bond motifs is 1. The highest BCUT2D eigenvalue weighted by molar-refractivity contribution is 5.11. The van der Waals surface area contributed by atoms with Crippen LogP contribution in [0.5, 0.6) is 0 Å². The predicted molar refractivity (Wildman–Crippen MR) is 41.6 cm³/mol. The molecule has 0 amide bonds. The lowest BCUT2D eigenvalue weighted by molar-refractivity contribution is 0.00886. The Balaban J connectivity index is 1.96. The Hall–Kier alpha value is -0.770. The molecule has 0 spiro atoms. The summed E-state index contributed by atoms with van der Waals surface area (Å²) in [5, 5.41) is 3.80. The van der Waals surface area contributed by atoms with Crippen molar-refractivity contribution in [3.63, 3.8) is 0 Å². The predicted octanol–water partition coefficient (Wildman–Crippen LogP) is 0.521. The van der Waals surface area contributed by atoms with Gasteiger partial charge in [0, 0.05) is 24.0 Å². The Bertz CT molecular complexity index is 248. The quantitative estimate of drug-likeness (QED) is 0.324. The molecule has 5 heteroatoms. The van der Waals surface area contributed by atoms with Crippen LogP contribution in [-0.2, 0) is 4.74 Å². The van der Waals surface area contributed by atoms with Gasteiger partial charge in [-0.1, -0.05) is 5.11 Å². The standard InChI is InChI=1S/C7H10N4O/c8-10-9-6-5-3-11-2-1-4(12-5)7(6)11/h4-7H,1-3H2/t4?,5-,6+,7-/m1/s1. The van der Waals surface area contributed by atoms with Crippen LogP contribution < -0.4 is 0 Å². The van der Waals surface area contributed by atoms with Gasteiger partial charge in [-0.3, -0.25) is 4.90 Å². The molecule has 0 aliphatic carbocycles. The van der Waals surface area contributed by atoms with Gasteiger partial charge in [0.05, 0.1) is 18.2 Å². The first-order valence-corrected chi connectivity index (χ1v) is 4.34. The summed E-state index contributed by atoms with van der Waals surface area (Å²) in [6.45, 7) is 2.08. The largest absolute Gasteiger partial charge is 0.371 e. The minimum Gasteiger partial charge on any atom is -0.371 e. The van der Waals surface area contributed by atoms with Crippen molar-refractivity contribution < 1.29 is 4.74 Å². The van der Waals surface area contributed by atoms with Crippen LogP contribution in [0.1, 0.15) is 6.42 Å². The number of morpholine rings is 1. The van der Waals surface area contributed by atoms with E-state index in [0.717, 1.165) is 19.5 Å². The van der Waals surface area contributed by atoms with Crippen molar-refractivity contribution in [1.82, 2.24) is 4.90 Å². The van der Waals surface area contributed by atoms with E-state index in [9.17, 15) is 0 Å². The Morgan fingerprint density at radius 1 is 1.50 bits per heavy atom. The van der Waals surface area contributed by atoms with E-state index in [-0.39, 0.29) is 12.1 Å². The number of ether oxygens (including phenoxy) is 1. The highest BCUT2D eigenvalue weighted by atomic mass is 16.5. The van der Waals surface area contributed by atoms with Crippen molar-refractivity contribution in [1.29, 1.82) is 0 Å². The zero-order valence-corrected chi connectivity index (χ0v) is 6.63. The van der Waals surface area contributed by atoms with E-state index >= 15 is 0 Å². The number of nitrogens with zero attached hydrogens (tertiary/aromatic N) is 4. The molecule has 0 aromatic rings. The first-order valence-electron chi connectivity index (χ1n) is 4.34. The molecule has 64 valence electrons. The summed E-state index contributed by atoms with van der Waals surface area (Å²) in [5.74, 6) is 0. The van der Waals surface area contributed by atoms with Crippen LogP contribution in [0.4, 0.5) is 0 Å². The monoisotopic (exact) mass is 166 g/mol. The van der Waals surface area contributed by atoms with Gasteiger partial charge in [-0.15, -0.1) is 0 Å². The molecule has 0 saturated carbocycles. The van der Waals surface area contributed by atoms with Crippen LogP contribution in [0, 0.1) is 0 Å². The second-order valence-corrected chi connectivity index (χ2v) is 3.68. The van der Waals surface area contributed by atoms with Crippen molar-refractivity contribution in [3.8, 4) is 0 Å². The van der Waals surface area contributed by atoms with Gasteiger partial charge in [0.15, 0.2) is 0 Å². The van der Waals surface area contributed by atoms with Crippen molar-refractivity contribution in [3.05, 3.63) is 10.4 Å². The summed E-state index contributed by atoms with van der Waals surface area (Å²) in [4.78, 5) is 5.26. The van der Waals surface area contributed by atoms with Crippen LogP contribution in [0.25, 0.3) is 10.4 Å². The van der Waals surface area contributed by atoms with Crippen LogP contribution in [0.2, 0.25) is 0 Å². The van der Waals surface area contributed by atoms with Gasteiger partial charge < -0.3 is 4.74 Å². The Kier molecular flexibility index (Phi) is 1.19. The zero-order chi connectivity index (χ0) is 8.13. The van der Waals surface area contributed by atoms with Crippen LogP contribution >= 0.6 is 0 Å². The molecular weight excluding hydrogens is 156 g/mol. The molecule has 12 heavy (non-hydrogen) atoms. The molecule has 3 heterocycles. The third-order valence-electron chi connectivity index (χ3n) is 3.18. The number of hydrogen-bond acceptors (Lipinski definition) is 3. The van der Waals surface area contributed by atoms with E-state index in [0.29, 0.717) is 12.1 Å². The number of azide groups is 1. The maximum atomic E-state index is 8.37. The summed E-state index contributed by atoms with van der Waals surface area (Å²) >= 11 is 0. The summed E-state index contributed by atoms with van der Waals surface area (Å²) < 4.78 is 5.71. The molecule has 3 saturated heterocycles. The van der Waals surface area contributed by atoms with Crippen LogP contribution in [0.15, 0.2) is 5.11 Å². The Labute approximate surface area is 69.9 Å². The second kappa shape index (κ2) is 2.13. The van der Waals surface area contributed by atoms with Gasteiger partial charge >= 0.3 is 0 Å². The normalized spacial score (nSPS) is 49.7. The smallest absolute Gasteiger partial charge is 0.0829 e. The molecule has 0 aromatic carbocycles. The minimum atomic E-state index is 0.0856. The topological polar surface area (TPSA) is 61.2 Å². The van der Waals surface area contributed by atoms with Gasteiger partial charge in [0.1, 0.15) is 0 Å². The average molecular weight is 166 g/mol. The van der Waals surface area contributed by atoms with Crippen molar-refractivity contribution in [2.24, 2.45) is 5.11 Å². The minimum absolute atomic E-state index is 0.0856. The fraction of sp³-hybridized carbons (Fsp3) is 1.00. The third-order valence-corrected chi connectivity index (χ3v) is 3.18. The number of rotatable bonds is 1. The van der Waals surface area contributed by atoms with Crippen molar-refractivity contribution in [2.75, 3.05) is 13.1 Å². The summed E-state index contributed by atoms with van der Waals surface area (Å²) in [6.07, 6.45) is 1.64. The van der Waals surface area contributed by atoms with Gasteiger partial charge in [0.25, 0.3) is 0 Å². The summed E-state index contributed by atoms with van der Waals surface area (Å²) in [7, 11) is 0. The molecule has 3 rings (SSSR count). The molecule has 3 aliphatic heterocycles. The van der Waals surface area contributed by atoms with E-state index in [1.165, 1.54) is 0 Å². The van der Waals surface area contributed by atoms with E-state index in [4.69, 9.17) is 10.3 Å². The molecular formula is C7H10N4O. The molecule has 0 N–H and O–H groups in total. The summed E-state index contributed by atoms with van der Waals surface area (Å²) in [6, 6.07) is 0.480. The lowest BCUT2D eigenvalue weighted by Crippen LogP contribution is -2.35. The molecule has 0 radical (unpaired) electrons. The van der Waals surface area contributed by atoms with E-state index in [1.807, 2.05) is 0 Å². The van der Waals surface area contributed by atoms with Gasteiger partial charge in [-0.25, -0.2) is 0 Å². The molecule has 3 aliphatic rings. The molecule has 3 fully saturated rings. The SMILES string of the molecule is [N-]=[N+]=N[C@@H]1[C@H]2C3CCN2C[C@H]1O3. The molecule has 4 atom stereocenters. The summed E-state index contributed by atoms with van der Waals surface area (Å²) in [5.41, 5.74) is 8.37. The highest BCUT2D eigenvalue weighted by Gasteiger charge is 2.56. The first-order chi connectivity index (χ1) is 5.90. The third kappa shape index (κ3) is 0.641. The first kappa shape index (κ1) is 6.71. The van der Waals surface area contributed by atoms with Gasteiger partial charge in [-0.2, -0.15) is 0 Å². The lowest BCUT2D eigenvalue weighted by Gasteiger charge is -2.21. The Morgan fingerprint density at radius 3 is 3.17 bits per heavy atom. The van der Waals surface area contributed by atoms with Crippen molar-refractivity contribution in [2.45, 2.75) is 30.7 Å².